The second kappa shape index (κ2) is 5.04. The van der Waals surface area contributed by atoms with E-state index in [9.17, 15) is 18.3 Å². The van der Waals surface area contributed by atoms with Crippen LogP contribution in [0.1, 0.15) is 12.8 Å². The van der Waals surface area contributed by atoms with E-state index in [1.165, 1.54) is 31.4 Å². The third-order valence-corrected chi connectivity index (χ3v) is 5.22. The Morgan fingerprint density at radius 2 is 1.95 bits per heavy atom. The summed E-state index contributed by atoms with van der Waals surface area (Å²) >= 11 is 0. The van der Waals surface area contributed by atoms with Gasteiger partial charge in [-0.25, -0.2) is 13.2 Å². The smallest absolute Gasteiger partial charge is 0.352 e. The van der Waals surface area contributed by atoms with Crippen LogP contribution in [0.5, 0.6) is 5.75 Å². The van der Waals surface area contributed by atoms with Crippen LogP contribution in [0.2, 0.25) is 0 Å². The van der Waals surface area contributed by atoms with Gasteiger partial charge in [-0.15, -0.1) is 0 Å². The Labute approximate surface area is 116 Å². The van der Waals surface area contributed by atoms with Crippen LogP contribution in [0.15, 0.2) is 29.2 Å². The highest BCUT2D eigenvalue weighted by Crippen LogP contribution is 2.33. The Morgan fingerprint density at radius 1 is 1.35 bits per heavy atom. The van der Waals surface area contributed by atoms with Gasteiger partial charge < -0.3 is 14.9 Å². The molecule has 1 atom stereocenters. The van der Waals surface area contributed by atoms with Gasteiger partial charge >= 0.3 is 5.97 Å². The number of methoxy groups -OCH3 is 1. The molecular weight excluding hydrogens is 286 g/mol. The molecule has 8 heteroatoms. The van der Waals surface area contributed by atoms with Crippen LogP contribution >= 0.6 is 0 Å². The summed E-state index contributed by atoms with van der Waals surface area (Å²) in [6.45, 7) is -0.0306. The third-order valence-electron chi connectivity index (χ3n) is 3.29. The first-order chi connectivity index (χ1) is 9.32. The quantitative estimate of drug-likeness (QED) is 0.826. The number of nitrogens with zero attached hydrogens (tertiary/aromatic N) is 1. The first kappa shape index (κ1) is 14.8. The van der Waals surface area contributed by atoms with E-state index >= 15 is 0 Å². The summed E-state index contributed by atoms with van der Waals surface area (Å²) in [5, 5.41) is 19.1. The monoisotopic (exact) mass is 301 g/mol. The predicted octanol–water partition coefficient (Wildman–Crippen LogP) is 0.253. The van der Waals surface area contributed by atoms with Crippen molar-refractivity contribution in [3.05, 3.63) is 24.3 Å². The number of aliphatic carboxylic acids is 1. The van der Waals surface area contributed by atoms with Gasteiger partial charge in [-0.3, -0.25) is 0 Å². The zero-order chi connectivity index (χ0) is 15.0. The van der Waals surface area contributed by atoms with E-state index in [4.69, 9.17) is 9.84 Å². The standard InChI is InChI=1S/C12H15NO6S/c1-19-9-3-5-10(6-4-9)20(17,18)13-8-2-7-12(13,16)11(14)15/h3-6,16H,2,7-8H2,1H3,(H,14,15)/t12-/m0/s1. The number of carboxylic acid groups (broad SMARTS) is 1. The fourth-order valence-corrected chi connectivity index (χ4v) is 3.86. The topological polar surface area (TPSA) is 104 Å². The second-order valence-electron chi connectivity index (χ2n) is 4.48. The molecule has 0 aromatic heterocycles. The zero-order valence-electron chi connectivity index (χ0n) is 10.8. The lowest BCUT2D eigenvalue weighted by Crippen LogP contribution is -2.52. The Kier molecular flexibility index (Phi) is 3.72. The Morgan fingerprint density at radius 3 is 2.45 bits per heavy atom. The van der Waals surface area contributed by atoms with Crippen molar-refractivity contribution in [3.8, 4) is 5.75 Å². The molecule has 1 aromatic rings. The molecule has 2 N–H and O–H groups in total. The third kappa shape index (κ3) is 2.26. The molecule has 1 aliphatic heterocycles. The van der Waals surface area contributed by atoms with E-state index in [0.717, 1.165) is 0 Å². The molecule has 0 bridgehead atoms. The first-order valence-electron chi connectivity index (χ1n) is 5.95. The fraction of sp³-hybridized carbons (Fsp3) is 0.417. The van der Waals surface area contributed by atoms with Crippen LogP contribution in [-0.4, -0.2) is 48.3 Å². The Bertz CT molecular complexity index is 611. The minimum Gasteiger partial charge on any atom is -0.497 e. The summed E-state index contributed by atoms with van der Waals surface area (Å²) in [7, 11) is -2.62. The summed E-state index contributed by atoms with van der Waals surface area (Å²) in [6, 6.07) is 5.55. The van der Waals surface area contributed by atoms with Crippen molar-refractivity contribution >= 4 is 16.0 Å². The van der Waals surface area contributed by atoms with Crippen LogP contribution in [0.4, 0.5) is 0 Å². The highest BCUT2D eigenvalue weighted by atomic mass is 32.2. The molecule has 1 fully saturated rings. The van der Waals surface area contributed by atoms with Crippen molar-refractivity contribution in [3.63, 3.8) is 0 Å². The summed E-state index contributed by atoms with van der Waals surface area (Å²) in [6.07, 6.45) is 0.163. The molecule has 0 spiro atoms. The fourth-order valence-electron chi connectivity index (χ4n) is 2.19. The lowest BCUT2D eigenvalue weighted by atomic mass is 10.2. The maximum Gasteiger partial charge on any atom is 0.352 e. The number of hydrogen-bond acceptors (Lipinski definition) is 5. The average Bonchev–Trinajstić information content (AvgIpc) is 2.83. The molecule has 2 rings (SSSR count). The van der Waals surface area contributed by atoms with Gasteiger partial charge in [-0.05, 0) is 30.7 Å². The highest BCUT2D eigenvalue weighted by Gasteiger charge is 2.52. The number of ether oxygens (including phenoxy) is 1. The average molecular weight is 301 g/mol. The van der Waals surface area contributed by atoms with Crippen molar-refractivity contribution in [2.75, 3.05) is 13.7 Å². The molecule has 1 heterocycles. The zero-order valence-corrected chi connectivity index (χ0v) is 11.6. The van der Waals surface area contributed by atoms with Crippen molar-refractivity contribution in [1.29, 1.82) is 0 Å². The van der Waals surface area contributed by atoms with E-state index in [0.29, 0.717) is 10.1 Å². The number of hydrogen-bond donors (Lipinski definition) is 2. The molecule has 7 nitrogen and oxygen atoms in total. The molecule has 1 saturated heterocycles. The minimum absolute atomic E-state index is 0.0306. The van der Waals surface area contributed by atoms with Gasteiger partial charge in [0.15, 0.2) is 0 Å². The van der Waals surface area contributed by atoms with Crippen LogP contribution in [0, 0.1) is 0 Å². The number of sulfonamides is 1. The molecule has 0 saturated carbocycles. The summed E-state index contributed by atoms with van der Waals surface area (Å²) in [5.41, 5.74) is -2.38. The van der Waals surface area contributed by atoms with E-state index in [1.54, 1.807) is 0 Å². The maximum atomic E-state index is 12.4. The largest absolute Gasteiger partial charge is 0.497 e. The van der Waals surface area contributed by atoms with E-state index < -0.39 is 21.7 Å². The van der Waals surface area contributed by atoms with Gasteiger partial charge in [0.2, 0.25) is 15.7 Å². The second-order valence-corrected chi connectivity index (χ2v) is 6.34. The van der Waals surface area contributed by atoms with E-state index in [-0.39, 0.29) is 24.3 Å². The Balaban J connectivity index is 2.41. The van der Waals surface area contributed by atoms with E-state index in [1.807, 2.05) is 0 Å². The van der Waals surface area contributed by atoms with Gasteiger partial charge in [-0.2, -0.15) is 4.31 Å². The van der Waals surface area contributed by atoms with Gasteiger partial charge in [-0.1, -0.05) is 0 Å². The number of rotatable bonds is 4. The van der Waals surface area contributed by atoms with Crippen LogP contribution in [0.3, 0.4) is 0 Å². The molecule has 110 valence electrons. The van der Waals surface area contributed by atoms with Crippen LogP contribution in [-0.2, 0) is 14.8 Å². The van der Waals surface area contributed by atoms with Gasteiger partial charge in [0.05, 0.1) is 12.0 Å². The SMILES string of the molecule is COc1ccc(S(=O)(=O)N2CCC[C@]2(O)C(=O)O)cc1. The molecule has 0 radical (unpaired) electrons. The van der Waals surface area contributed by atoms with Crippen LogP contribution < -0.4 is 4.74 Å². The van der Waals surface area contributed by atoms with E-state index in [2.05, 4.69) is 0 Å². The van der Waals surface area contributed by atoms with Crippen molar-refractivity contribution < 1.29 is 28.2 Å². The molecule has 0 amide bonds. The highest BCUT2D eigenvalue weighted by molar-refractivity contribution is 7.89. The van der Waals surface area contributed by atoms with Crippen molar-refractivity contribution in [2.24, 2.45) is 0 Å². The molecule has 1 aromatic carbocycles. The number of benzene rings is 1. The predicted molar refractivity (Wildman–Crippen MR) is 68.7 cm³/mol. The van der Waals surface area contributed by atoms with Gasteiger partial charge in [0.25, 0.3) is 0 Å². The Hall–Kier alpha value is -1.64. The molecule has 20 heavy (non-hydrogen) atoms. The number of carboxylic acids is 1. The minimum atomic E-state index is -4.07. The van der Waals surface area contributed by atoms with Gasteiger partial charge in [0.1, 0.15) is 5.75 Å². The van der Waals surface area contributed by atoms with Crippen LogP contribution in [0.25, 0.3) is 0 Å². The normalized spacial score (nSPS) is 23.7. The van der Waals surface area contributed by atoms with Crippen molar-refractivity contribution in [1.82, 2.24) is 4.31 Å². The molecule has 1 aliphatic rings. The molecular formula is C12H15NO6S. The molecule has 0 unspecified atom stereocenters. The number of aliphatic hydroxyl groups is 1. The first-order valence-corrected chi connectivity index (χ1v) is 7.39. The maximum absolute atomic E-state index is 12.4. The summed E-state index contributed by atoms with van der Waals surface area (Å²) in [5.74, 6) is -1.08. The van der Waals surface area contributed by atoms with Crippen molar-refractivity contribution in [2.45, 2.75) is 23.5 Å². The number of carbonyl (C=O) groups is 1. The summed E-state index contributed by atoms with van der Waals surface area (Å²) in [4.78, 5) is 11.1. The lowest BCUT2D eigenvalue weighted by Gasteiger charge is -2.28. The lowest BCUT2D eigenvalue weighted by molar-refractivity contribution is -0.168. The van der Waals surface area contributed by atoms with Gasteiger partial charge in [0, 0.05) is 13.0 Å². The molecule has 0 aliphatic carbocycles. The summed E-state index contributed by atoms with van der Waals surface area (Å²) < 4.78 is 30.4.